The third-order valence-electron chi connectivity index (χ3n) is 4.38. The smallest absolute Gasteiger partial charge is 0.269 e. The summed E-state index contributed by atoms with van der Waals surface area (Å²) in [5, 5.41) is 0.798. The number of urea groups is 1. The number of nitrogens with zero attached hydrogens (tertiary/aromatic N) is 4. The minimum absolute atomic E-state index is 0.208. The van der Waals surface area contributed by atoms with Crippen molar-refractivity contribution in [1.82, 2.24) is 9.80 Å². The number of benzene rings is 1. The largest absolute Gasteiger partial charge is 0.357 e. The lowest BCUT2D eigenvalue weighted by Crippen LogP contribution is -2.61. The Morgan fingerprint density at radius 2 is 1.88 bits per heavy atom. The third-order valence-corrected chi connectivity index (χ3v) is 5.07. The summed E-state index contributed by atoms with van der Waals surface area (Å²) in [5.74, 6) is 0.327. The number of likely N-dealkylation sites (N-methyl/N-ethyl adjacent to an activating group) is 2. The monoisotopic (exact) mass is 345 g/mol. The van der Waals surface area contributed by atoms with Crippen LogP contribution in [0.25, 0.3) is 0 Å². The Labute approximate surface area is 145 Å². The highest BCUT2D eigenvalue weighted by atomic mass is 32.2. The van der Waals surface area contributed by atoms with E-state index in [-0.39, 0.29) is 11.9 Å². The Bertz CT molecular complexity index is 729. The highest BCUT2D eigenvalue weighted by Crippen LogP contribution is 2.22. The van der Waals surface area contributed by atoms with Gasteiger partial charge in [-0.3, -0.25) is 14.6 Å². The Hall–Kier alpha value is -2.15. The molecule has 0 N–H and O–H groups in total. The molecule has 0 saturated carbocycles. The van der Waals surface area contributed by atoms with Crippen LogP contribution in [0.1, 0.15) is 12.0 Å². The fourth-order valence-electron chi connectivity index (χ4n) is 3.06. The van der Waals surface area contributed by atoms with E-state index in [0.29, 0.717) is 5.84 Å². The third kappa shape index (κ3) is 2.84. The first kappa shape index (κ1) is 16.7. The summed E-state index contributed by atoms with van der Waals surface area (Å²) < 4.78 is 2.02. The molecule has 1 aromatic rings. The predicted octanol–water partition coefficient (Wildman–Crippen LogP) is 1.66. The van der Waals surface area contributed by atoms with E-state index < -0.39 is 6.04 Å². The molecule has 2 aliphatic rings. The lowest BCUT2D eigenvalue weighted by atomic mass is 10.1. The molecule has 1 fully saturated rings. The molecule has 126 valence electrons. The van der Waals surface area contributed by atoms with Gasteiger partial charge in [0, 0.05) is 14.1 Å². The second-order valence-electron chi connectivity index (χ2n) is 5.88. The first-order valence-corrected chi connectivity index (χ1v) is 9.12. The van der Waals surface area contributed by atoms with Gasteiger partial charge >= 0.3 is 11.2 Å². The van der Waals surface area contributed by atoms with Gasteiger partial charge in [0.15, 0.2) is 0 Å². The fourth-order valence-corrected chi connectivity index (χ4v) is 3.68. The van der Waals surface area contributed by atoms with Crippen molar-refractivity contribution in [2.24, 2.45) is 4.99 Å². The summed E-state index contributed by atoms with van der Waals surface area (Å²) in [4.78, 5) is 31.9. The van der Waals surface area contributed by atoms with Gasteiger partial charge < -0.3 is 0 Å². The first-order chi connectivity index (χ1) is 11.5. The minimum Gasteiger partial charge on any atom is -0.269 e. The van der Waals surface area contributed by atoms with Crippen LogP contribution < -0.4 is 0 Å². The Morgan fingerprint density at radius 3 is 2.54 bits per heavy atom. The Balaban J connectivity index is 1.77. The van der Waals surface area contributed by atoms with Gasteiger partial charge in [0.1, 0.15) is 0 Å². The average Bonchev–Trinajstić information content (AvgIpc) is 2.98. The number of hydrogen-bond donors (Lipinski definition) is 0. The van der Waals surface area contributed by atoms with Crippen molar-refractivity contribution in [2.45, 2.75) is 18.9 Å². The normalized spacial score (nSPS) is 20.6. The first-order valence-electron chi connectivity index (χ1n) is 7.90. The van der Waals surface area contributed by atoms with Crippen molar-refractivity contribution >= 4 is 34.7 Å². The van der Waals surface area contributed by atoms with Gasteiger partial charge in [-0.1, -0.05) is 30.3 Å². The molecule has 0 aromatic heterocycles. The van der Waals surface area contributed by atoms with E-state index in [0.717, 1.165) is 24.6 Å². The summed E-state index contributed by atoms with van der Waals surface area (Å²) in [6.45, 7) is 0.727. The summed E-state index contributed by atoms with van der Waals surface area (Å²) >= 11 is 1.51. The topological polar surface area (TPSA) is 56.0 Å². The number of amides is 3. The van der Waals surface area contributed by atoms with Crippen molar-refractivity contribution in [3.63, 3.8) is 0 Å². The van der Waals surface area contributed by atoms with Gasteiger partial charge in [-0.15, -0.1) is 0 Å². The molecule has 0 spiro atoms. The van der Waals surface area contributed by atoms with Gasteiger partial charge in [-0.05, 0) is 41.4 Å². The molecular formula is C17H21N4O2S+. The molecule has 0 bridgehead atoms. The molecule has 1 atom stereocenters. The van der Waals surface area contributed by atoms with Crippen molar-refractivity contribution in [3.05, 3.63) is 35.9 Å². The van der Waals surface area contributed by atoms with E-state index in [1.54, 1.807) is 7.05 Å². The van der Waals surface area contributed by atoms with Crippen LogP contribution in [0.4, 0.5) is 4.79 Å². The molecule has 1 saturated heterocycles. The number of aryl methyl sites for hydroxylation is 1. The van der Waals surface area contributed by atoms with Crippen LogP contribution in [0.2, 0.25) is 0 Å². The van der Waals surface area contributed by atoms with E-state index in [4.69, 9.17) is 0 Å². The van der Waals surface area contributed by atoms with Crippen molar-refractivity contribution in [2.75, 3.05) is 26.9 Å². The maximum absolute atomic E-state index is 12.6. The number of rotatable bonds is 4. The van der Waals surface area contributed by atoms with Gasteiger partial charge in [0.2, 0.25) is 0 Å². The number of carbonyl (C=O) groups excluding carboxylic acids is 2. The van der Waals surface area contributed by atoms with Crippen LogP contribution in [0.15, 0.2) is 35.3 Å². The number of thioether (sulfide) groups is 1. The second kappa shape index (κ2) is 6.76. The molecule has 7 heteroatoms. The molecule has 0 aliphatic carbocycles. The maximum Gasteiger partial charge on any atom is 0.357 e. The number of carbonyl (C=O) groups is 2. The number of imide groups is 1. The second-order valence-corrected chi connectivity index (χ2v) is 6.65. The summed E-state index contributed by atoms with van der Waals surface area (Å²) in [5.41, 5.74) is 1.28. The number of aliphatic imine (C=N–C) groups is 1. The zero-order valence-electron chi connectivity index (χ0n) is 14.1. The van der Waals surface area contributed by atoms with Gasteiger partial charge in [0.25, 0.3) is 17.8 Å². The maximum atomic E-state index is 12.6. The fraction of sp³-hybridized carbons (Fsp3) is 0.412. The lowest BCUT2D eigenvalue weighted by molar-refractivity contribution is -0.533. The molecule has 24 heavy (non-hydrogen) atoms. The van der Waals surface area contributed by atoms with Crippen molar-refractivity contribution in [3.8, 4) is 0 Å². The molecule has 2 aliphatic heterocycles. The zero-order valence-corrected chi connectivity index (χ0v) is 14.9. The molecule has 6 nitrogen and oxygen atoms in total. The molecule has 1 aromatic carbocycles. The molecule has 0 radical (unpaired) electrons. The standard InChI is InChI=1S/C17H21N4O2S/c1-19-14-13(15(22)20(2)17(19)23)21(16(18-14)24-3)11-7-10-12-8-5-4-6-9-12/h4-6,8-9,13H,7,10-11H2,1-3H3/q+1. The van der Waals surface area contributed by atoms with Crippen LogP contribution in [0.5, 0.6) is 0 Å². The minimum atomic E-state index is -0.490. The van der Waals surface area contributed by atoms with E-state index in [2.05, 4.69) is 17.1 Å². The molecular weight excluding hydrogens is 324 g/mol. The Morgan fingerprint density at radius 1 is 1.17 bits per heavy atom. The van der Waals surface area contributed by atoms with Gasteiger partial charge in [0.05, 0.1) is 6.54 Å². The summed E-state index contributed by atoms with van der Waals surface area (Å²) in [6.07, 6.45) is 3.80. The van der Waals surface area contributed by atoms with Crippen LogP contribution in [0.3, 0.4) is 0 Å². The molecule has 3 amide bonds. The van der Waals surface area contributed by atoms with Crippen LogP contribution in [-0.2, 0) is 11.2 Å². The number of fused-ring (bicyclic) bond motifs is 1. The zero-order chi connectivity index (χ0) is 17.3. The highest BCUT2D eigenvalue weighted by Gasteiger charge is 2.52. The van der Waals surface area contributed by atoms with Gasteiger partial charge in [-0.2, -0.15) is 0 Å². The summed E-state index contributed by atoms with van der Waals surface area (Å²) in [7, 11) is 3.19. The van der Waals surface area contributed by atoms with Crippen LogP contribution in [-0.4, -0.2) is 70.3 Å². The van der Waals surface area contributed by atoms with E-state index in [1.165, 1.54) is 34.2 Å². The number of amidine groups is 2. The lowest BCUT2D eigenvalue weighted by Gasteiger charge is -2.30. The average molecular weight is 345 g/mol. The molecule has 2 heterocycles. The quantitative estimate of drug-likeness (QED) is 0.780. The van der Waals surface area contributed by atoms with E-state index >= 15 is 0 Å². The summed E-state index contributed by atoms with van der Waals surface area (Å²) in [6, 6.07) is 9.47. The Kier molecular flexibility index (Phi) is 4.71. The highest BCUT2D eigenvalue weighted by molar-refractivity contribution is 8.13. The number of hydrogen-bond acceptors (Lipinski definition) is 4. The van der Waals surface area contributed by atoms with Crippen LogP contribution >= 0.6 is 11.8 Å². The van der Waals surface area contributed by atoms with E-state index in [9.17, 15) is 9.59 Å². The SMILES string of the molecule is CSC1=[N+](CCCc2ccccc2)C2C(=O)N(C)C(=O)N(C)C2=N1. The molecule has 3 rings (SSSR count). The van der Waals surface area contributed by atoms with Gasteiger partial charge in [-0.25, -0.2) is 9.37 Å². The van der Waals surface area contributed by atoms with Crippen molar-refractivity contribution in [1.29, 1.82) is 0 Å². The van der Waals surface area contributed by atoms with E-state index in [1.807, 2.05) is 29.0 Å². The molecule has 1 unspecified atom stereocenters. The van der Waals surface area contributed by atoms with Crippen LogP contribution in [0, 0.1) is 0 Å². The van der Waals surface area contributed by atoms with Crippen molar-refractivity contribution < 1.29 is 14.2 Å². The predicted molar refractivity (Wildman–Crippen MR) is 95.6 cm³/mol.